The first-order valence-corrected chi connectivity index (χ1v) is 4.45. The second-order valence-corrected chi connectivity index (χ2v) is 3.18. The number of nitrogens with one attached hydrogen (secondary N) is 2. The van der Waals surface area contributed by atoms with Crippen LogP contribution in [0.3, 0.4) is 0 Å². The molecule has 0 radical (unpaired) electrons. The third-order valence-corrected chi connectivity index (χ3v) is 1.79. The highest BCUT2D eigenvalue weighted by molar-refractivity contribution is 5.80. The molecule has 4 nitrogen and oxygen atoms in total. The molecule has 1 fully saturated rings. The Morgan fingerprint density at radius 2 is 2.00 bits per heavy atom. The van der Waals surface area contributed by atoms with Crippen LogP contribution >= 0.6 is 0 Å². The van der Waals surface area contributed by atoms with Crippen LogP contribution in [0.25, 0.3) is 0 Å². The van der Waals surface area contributed by atoms with Crippen LogP contribution in [0.4, 0.5) is 8.78 Å². The van der Waals surface area contributed by atoms with Crippen molar-refractivity contribution in [2.24, 2.45) is 0 Å². The van der Waals surface area contributed by atoms with Crippen LogP contribution in [0.2, 0.25) is 0 Å². The van der Waals surface area contributed by atoms with Crippen molar-refractivity contribution in [1.82, 2.24) is 10.6 Å². The third kappa shape index (κ3) is 4.15. The van der Waals surface area contributed by atoms with Crippen LogP contribution in [0.5, 0.6) is 0 Å². The lowest BCUT2D eigenvalue weighted by Crippen LogP contribution is -2.34. The molecule has 1 rings (SSSR count). The zero-order valence-corrected chi connectivity index (χ0v) is 7.56. The van der Waals surface area contributed by atoms with Crippen molar-refractivity contribution in [1.29, 1.82) is 0 Å². The van der Waals surface area contributed by atoms with E-state index < -0.39 is 12.3 Å². The Morgan fingerprint density at radius 3 is 2.50 bits per heavy atom. The lowest BCUT2D eigenvalue weighted by Gasteiger charge is -2.04. The van der Waals surface area contributed by atoms with Crippen LogP contribution in [-0.4, -0.2) is 30.8 Å². The second kappa shape index (κ2) is 4.88. The Morgan fingerprint density at radius 1 is 1.36 bits per heavy atom. The van der Waals surface area contributed by atoms with E-state index >= 15 is 0 Å². The molecule has 0 bridgehead atoms. The number of rotatable bonds is 5. The van der Waals surface area contributed by atoms with Crippen LogP contribution < -0.4 is 10.6 Å². The normalized spacial score (nSPS) is 15.4. The van der Waals surface area contributed by atoms with Crippen LogP contribution in [0.1, 0.15) is 19.3 Å². The molecule has 1 aliphatic carbocycles. The van der Waals surface area contributed by atoms with Gasteiger partial charge in [0.25, 0.3) is 5.91 Å². The van der Waals surface area contributed by atoms with Crippen molar-refractivity contribution < 1.29 is 18.4 Å². The lowest BCUT2D eigenvalue weighted by atomic mass is 10.4. The van der Waals surface area contributed by atoms with Crippen LogP contribution in [0.15, 0.2) is 0 Å². The summed E-state index contributed by atoms with van der Waals surface area (Å²) in [7, 11) is 0. The molecular formula is C8H12F2N2O2. The Hall–Kier alpha value is -1.20. The van der Waals surface area contributed by atoms with Crippen molar-refractivity contribution >= 4 is 11.8 Å². The van der Waals surface area contributed by atoms with E-state index in [1.165, 1.54) is 0 Å². The average Bonchev–Trinajstić information content (AvgIpc) is 2.87. The summed E-state index contributed by atoms with van der Waals surface area (Å²) in [6, 6.07) is 0.258. The molecule has 14 heavy (non-hydrogen) atoms. The fourth-order valence-corrected chi connectivity index (χ4v) is 0.904. The molecule has 0 unspecified atom stereocenters. The molecule has 0 aromatic carbocycles. The summed E-state index contributed by atoms with van der Waals surface area (Å²) in [5.74, 6) is -1.54. The zero-order chi connectivity index (χ0) is 10.6. The molecule has 0 aliphatic heterocycles. The number of halogens is 2. The van der Waals surface area contributed by atoms with Gasteiger partial charge in [0.15, 0.2) is 0 Å². The van der Waals surface area contributed by atoms with Crippen molar-refractivity contribution in [3.8, 4) is 0 Å². The Bertz CT molecular complexity index is 229. The van der Waals surface area contributed by atoms with Crippen molar-refractivity contribution in [2.75, 3.05) is 6.54 Å². The minimum atomic E-state index is -3.01. The predicted molar refractivity (Wildman–Crippen MR) is 44.8 cm³/mol. The van der Waals surface area contributed by atoms with Gasteiger partial charge in [-0.25, -0.2) is 0 Å². The summed E-state index contributed by atoms with van der Waals surface area (Å²) in [4.78, 5) is 21.4. The topological polar surface area (TPSA) is 58.2 Å². The quantitative estimate of drug-likeness (QED) is 0.667. The molecule has 0 spiro atoms. The lowest BCUT2D eigenvalue weighted by molar-refractivity contribution is -0.131. The summed E-state index contributed by atoms with van der Waals surface area (Å²) >= 11 is 0. The van der Waals surface area contributed by atoms with Crippen LogP contribution in [0, 0.1) is 0 Å². The smallest absolute Gasteiger partial charge is 0.315 e. The second-order valence-electron chi connectivity index (χ2n) is 3.18. The monoisotopic (exact) mass is 206 g/mol. The van der Waals surface area contributed by atoms with Gasteiger partial charge in [0.05, 0.1) is 0 Å². The van der Waals surface area contributed by atoms with Gasteiger partial charge in [0, 0.05) is 19.0 Å². The fourth-order valence-electron chi connectivity index (χ4n) is 0.904. The highest BCUT2D eigenvalue weighted by Crippen LogP contribution is 2.18. The van der Waals surface area contributed by atoms with Gasteiger partial charge in [0.2, 0.25) is 5.91 Å². The molecule has 2 amide bonds. The number of amides is 2. The summed E-state index contributed by atoms with van der Waals surface area (Å²) in [5, 5.41) is 4.64. The van der Waals surface area contributed by atoms with Gasteiger partial charge in [-0.05, 0) is 12.8 Å². The first kappa shape index (κ1) is 10.9. The maximum Gasteiger partial charge on any atom is 0.315 e. The number of carbonyl (C=O) groups excluding carboxylic acids is 2. The SMILES string of the molecule is O=C(CCNC(=O)C(F)F)NC1CC1. The van der Waals surface area contributed by atoms with Gasteiger partial charge in [0.1, 0.15) is 0 Å². The van der Waals surface area contributed by atoms with Gasteiger partial charge in [-0.2, -0.15) is 8.78 Å². The third-order valence-electron chi connectivity index (χ3n) is 1.79. The van der Waals surface area contributed by atoms with E-state index in [1.54, 1.807) is 0 Å². The number of alkyl halides is 2. The molecule has 6 heteroatoms. The van der Waals surface area contributed by atoms with Gasteiger partial charge in [-0.3, -0.25) is 9.59 Å². The fraction of sp³-hybridized carbons (Fsp3) is 0.750. The molecule has 0 aromatic heterocycles. The average molecular weight is 206 g/mol. The van der Waals surface area contributed by atoms with Crippen molar-refractivity contribution in [3.05, 3.63) is 0 Å². The largest absolute Gasteiger partial charge is 0.353 e. The zero-order valence-electron chi connectivity index (χ0n) is 7.56. The van der Waals surface area contributed by atoms with E-state index in [4.69, 9.17) is 0 Å². The van der Waals surface area contributed by atoms with E-state index in [0.29, 0.717) is 0 Å². The molecule has 1 aliphatic rings. The Labute approximate surface area is 80.0 Å². The Kier molecular flexibility index (Phi) is 3.79. The summed E-state index contributed by atoms with van der Waals surface area (Å²) in [6.07, 6.45) is -0.999. The summed E-state index contributed by atoms with van der Waals surface area (Å²) in [5.41, 5.74) is 0. The molecule has 0 atom stereocenters. The van der Waals surface area contributed by atoms with Crippen molar-refractivity contribution in [3.63, 3.8) is 0 Å². The van der Waals surface area contributed by atoms with Gasteiger partial charge in [-0.15, -0.1) is 0 Å². The molecule has 0 heterocycles. The highest BCUT2D eigenvalue weighted by atomic mass is 19.3. The van der Waals surface area contributed by atoms with Crippen molar-refractivity contribution in [2.45, 2.75) is 31.7 Å². The van der Waals surface area contributed by atoms with Gasteiger partial charge in [-0.1, -0.05) is 0 Å². The van der Waals surface area contributed by atoms with E-state index in [0.717, 1.165) is 12.8 Å². The number of hydrogen-bond donors (Lipinski definition) is 2. The maximum absolute atomic E-state index is 11.7. The minimum Gasteiger partial charge on any atom is -0.353 e. The first-order chi connectivity index (χ1) is 6.59. The molecule has 1 saturated carbocycles. The van der Waals surface area contributed by atoms with Crippen LogP contribution in [-0.2, 0) is 9.59 Å². The molecule has 2 N–H and O–H groups in total. The summed E-state index contributed by atoms with van der Waals surface area (Å²) < 4.78 is 23.3. The van der Waals surface area contributed by atoms with E-state index in [9.17, 15) is 18.4 Å². The highest BCUT2D eigenvalue weighted by Gasteiger charge is 2.23. The molecule has 0 aromatic rings. The van der Waals surface area contributed by atoms with Gasteiger partial charge < -0.3 is 10.6 Å². The first-order valence-electron chi connectivity index (χ1n) is 4.45. The maximum atomic E-state index is 11.7. The molecule has 80 valence electrons. The predicted octanol–water partition coefficient (Wildman–Crippen LogP) is 0.0364. The van der Waals surface area contributed by atoms with Gasteiger partial charge >= 0.3 is 6.43 Å². The Balaban J connectivity index is 2.02. The number of hydrogen-bond acceptors (Lipinski definition) is 2. The minimum absolute atomic E-state index is 0.0400. The summed E-state index contributed by atoms with van der Waals surface area (Å²) in [6.45, 7) is -0.0400. The molecular weight excluding hydrogens is 194 g/mol. The van der Waals surface area contributed by atoms with E-state index in [-0.39, 0.29) is 24.9 Å². The molecule has 0 saturated heterocycles. The standard InChI is InChI=1S/C8H12F2N2O2/c9-7(10)8(14)11-4-3-6(13)12-5-1-2-5/h5,7H,1-4H2,(H,11,14)(H,12,13). The van der Waals surface area contributed by atoms with E-state index in [1.807, 2.05) is 5.32 Å². The number of carbonyl (C=O) groups is 2. The van der Waals surface area contributed by atoms with E-state index in [2.05, 4.69) is 5.32 Å².